The van der Waals surface area contributed by atoms with Crippen LogP contribution in [0.3, 0.4) is 0 Å². The second-order valence-corrected chi connectivity index (χ2v) is 5.57. The van der Waals surface area contributed by atoms with Gasteiger partial charge in [0, 0.05) is 17.1 Å². The lowest BCUT2D eigenvalue weighted by Crippen LogP contribution is -1.98. The van der Waals surface area contributed by atoms with Gasteiger partial charge in [0.25, 0.3) is 0 Å². The van der Waals surface area contributed by atoms with E-state index in [0.717, 1.165) is 26.7 Å². The molecule has 1 heterocycles. The molecule has 0 amide bonds. The van der Waals surface area contributed by atoms with E-state index < -0.39 is 0 Å². The Labute approximate surface area is 126 Å². The fraction of sp³-hybridized carbons (Fsp3) is 0.118. The highest BCUT2D eigenvalue weighted by molar-refractivity contribution is 9.10. The van der Waals surface area contributed by atoms with Gasteiger partial charge < -0.3 is 4.74 Å². The first kappa shape index (κ1) is 13.1. The van der Waals surface area contributed by atoms with Crippen molar-refractivity contribution in [1.82, 2.24) is 4.98 Å². The Bertz CT molecular complexity index is 750. The van der Waals surface area contributed by atoms with Gasteiger partial charge in [-0.1, -0.05) is 30.3 Å². The molecule has 0 aliphatic rings. The second kappa shape index (κ2) is 5.63. The Balaban J connectivity index is 1.87. The number of benzene rings is 2. The summed E-state index contributed by atoms with van der Waals surface area (Å²) < 4.78 is 6.88. The summed E-state index contributed by atoms with van der Waals surface area (Å²) in [5.74, 6) is 0.850. The minimum Gasteiger partial charge on any atom is -0.488 e. The van der Waals surface area contributed by atoms with Gasteiger partial charge in [-0.05, 0) is 46.6 Å². The van der Waals surface area contributed by atoms with E-state index in [1.165, 1.54) is 5.56 Å². The first-order chi connectivity index (χ1) is 9.74. The lowest BCUT2D eigenvalue weighted by Gasteiger charge is -2.10. The van der Waals surface area contributed by atoms with Crippen molar-refractivity contribution in [2.24, 2.45) is 0 Å². The first-order valence-corrected chi connectivity index (χ1v) is 7.25. The molecule has 0 N–H and O–H groups in total. The molecule has 0 unspecified atom stereocenters. The van der Waals surface area contributed by atoms with Gasteiger partial charge in [-0.2, -0.15) is 0 Å². The fourth-order valence-corrected chi connectivity index (χ4v) is 2.77. The summed E-state index contributed by atoms with van der Waals surface area (Å²) in [7, 11) is 0. The lowest BCUT2D eigenvalue weighted by atomic mass is 10.1. The van der Waals surface area contributed by atoms with Crippen molar-refractivity contribution in [1.29, 1.82) is 0 Å². The van der Waals surface area contributed by atoms with Crippen LogP contribution in [0.4, 0.5) is 0 Å². The number of aromatic nitrogens is 1. The Hall–Kier alpha value is -1.87. The highest BCUT2D eigenvalue weighted by Crippen LogP contribution is 2.27. The summed E-state index contributed by atoms with van der Waals surface area (Å²) in [6, 6.07) is 16.2. The molecule has 0 aliphatic carbocycles. The summed E-state index contributed by atoms with van der Waals surface area (Å²) in [6.07, 6.45) is 1.81. The molecular weight excluding hydrogens is 314 g/mol. The molecule has 3 aromatic rings. The quantitative estimate of drug-likeness (QED) is 0.683. The zero-order chi connectivity index (χ0) is 13.9. The van der Waals surface area contributed by atoms with E-state index in [-0.39, 0.29) is 0 Å². The van der Waals surface area contributed by atoms with Crippen molar-refractivity contribution in [2.45, 2.75) is 13.5 Å². The number of pyridine rings is 1. The summed E-state index contributed by atoms with van der Waals surface area (Å²) in [5, 5.41) is 1.14. The molecule has 0 saturated heterocycles. The number of aryl methyl sites for hydroxylation is 1. The van der Waals surface area contributed by atoms with Gasteiger partial charge in [0.05, 0.1) is 9.99 Å². The van der Waals surface area contributed by atoms with E-state index in [2.05, 4.69) is 52.1 Å². The van der Waals surface area contributed by atoms with Crippen molar-refractivity contribution in [3.63, 3.8) is 0 Å². The molecule has 0 spiro atoms. The number of hydrogen-bond donors (Lipinski definition) is 0. The van der Waals surface area contributed by atoms with E-state index >= 15 is 0 Å². The Morgan fingerprint density at radius 3 is 2.80 bits per heavy atom. The molecule has 0 aliphatic heterocycles. The summed E-state index contributed by atoms with van der Waals surface area (Å²) in [6.45, 7) is 2.57. The SMILES string of the molecule is Cc1ccc(OCc2cccc3cccnc23)c(Br)c1. The minimum absolute atomic E-state index is 0.510. The van der Waals surface area contributed by atoms with E-state index in [1.807, 2.05) is 30.5 Å². The molecule has 0 fully saturated rings. The van der Waals surface area contributed by atoms with Gasteiger partial charge in [0.1, 0.15) is 12.4 Å². The van der Waals surface area contributed by atoms with Crippen molar-refractivity contribution >= 4 is 26.8 Å². The molecule has 100 valence electrons. The van der Waals surface area contributed by atoms with Crippen molar-refractivity contribution in [2.75, 3.05) is 0 Å². The highest BCUT2D eigenvalue weighted by Gasteiger charge is 2.05. The van der Waals surface area contributed by atoms with Crippen LogP contribution in [0.2, 0.25) is 0 Å². The maximum absolute atomic E-state index is 5.90. The van der Waals surface area contributed by atoms with E-state index in [0.29, 0.717) is 6.61 Å². The van der Waals surface area contributed by atoms with Crippen LogP contribution < -0.4 is 4.74 Å². The number of rotatable bonds is 3. The molecule has 3 heteroatoms. The molecule has 0 atom stereocenters. The average molecular weight is 328 g/mol. The highest BCUT2D eigenvalue weighted by atomic mass is 79.9. The standard InChI is InChI=1S/C17H14BrNO/c1-12-7-8-16(15(18)10-12)20-11-14-5-2-4-13-6-3-9-19-17(13)14/h2-10H,11H2,1H3. The van der Waals surface area contributed by atoms with Crippen LogP contribution in [0.5, 0.6) is 5.75 Å². The molecule has 0 bridgehead atoms. The molecule has 1 aromatic heterocycles. The predicted molar refractivity (Wildman–Crippen MR) is 85.0 cm³/mol. The first-order valence-electron chi connectivity index (χ1n) is 6.45. The summed E-state index contributed by atoms with van der Waals surface area (Å²) in [5.41, 5.74) is 3.30. The molecule has 0 saturated carbocycles. The third-order valence-corrected chi connectivity index (χ3v) is 3.81. The van der Waals surface area contributed by atoms with E-state index in [4.69, 9.17) is 4.74 Å². The number of nitrogens with zero attached hydrogens (tertiary/aromatic N) is 1. The Kier molecular flexibility index (Phi) is 3.70. The molecule has 2 aromatic carbocycles. The van der Waals surface area contributed by atoms with E-state index in [1.54, 1.807) is 0 Å². The van der Waals surface area contributed by atoms with Crippen LogP contribution >= 0.6 is 15.9 Å². The lowest BCUT2D eigenvalue weighted by molar-refractivity contribution is 0.305. The zero-order valence-electron chi connectivity index (χ0n) is 11.1. The van der Waals surface area contributed by atoms with Gasteiger partial charge in [-0.15, -0.1) is 0 Å². The molecule has 2 nitrogen and oxygen atoms in total. The van der Waals surface area contributed by atoms with Crippen LogP contribution in [0, 0.1) is 6.92 Å². The van der Waals surface area contributed by atoms with Gasteiger partial charge in [-0.3, -0.25) is 4.98 Å². The van der Waals surface area contributed by atoms with Gasteiger partial charge >= 0.3 is 0 Å². The minimum atomic E-state index is 0.510. The van der Waals surface area contributed by atoms with Crippen LogP contribution in [0.25, 0.3) is 10.9 Å². The van der Waals surface area contributed by atoms with Crippen molar-refractivity contribution in [3.05, 3.63) is 70.3 Å². The summed E-state index contributed by atoms with van der Waals surface area (Å²) in [4.78, 5) is 4.44. The predicted octanol–water partition coefficient (Wildman–Crippen LogP) is 4.88. The van der Waals surface area contributed by atoms with Crippen molar-refractivity contribution in [3.8, 4) is 5.75 Å². The Morgan fingerprint density at radius 2 is 1.95 bits per heavy atom. The van der Waals surface area contributed by atoms with E-state index in [9.17, 15) is 0 Å². The normalized spacial score (nSPS) is 10.7. The average Bonchev–Trinajstić information content (AvgIpc) is 2.46. The van der Waals surface area contributed by atoms with Crippen LogP contribution in [0.1, 0.15) is 11.1 Å². The van der Waals surface area contributed by atoms with Gasteiger partial charge in [-0.25, -0.2) is 0 Å². The van der Waals surface area contributed by atoms with Crippen LogP contribution in [0.15, 0.2) is 59.2 Å². The number of hydrogen-bond acceptors (Lipinski definition) is 2. The number of fused-ring (bicyclic) bond motifs is 1. The van der Waals surface area contributed by atoms with Crippen molar-refractivity contribution < 1.29 is 4.74 Å². The topological polar surface area (TPSA) is 22.1 Å². The molecule has 0 radical (unpaired) electrons. The third kappa shape index (κ3) is 2.68. The maximum atomic E-state index is 5.90. The molecular formula is C17H14BrNO. The smallest absolute Gasteiger partial charge is 0.134 e. The fourth-order valence-electron chi connectivity index (χ4n) is 2.16. The maximum Gasteiger partial charge on any atom is 0.134 e. The third-order valence-electron chi connectivity index (χ3n) is 3.19. The molecule has 3 rings (SSSR count). The summed E-state index contributed by atoms with van der Waals surface area (Å²) >= 11 is 3.53. The van der Waals surface area contributed by atoms with Crippen LogP contribution in [-0.4, -0.2) is 4.98 Å². The van der Waals surface area contributed by atoms with Crippen LogP contribution in [-0.2, 0) is 6.61 Å². The number of ether oxygens (including phenoxy) is 1. The zero-order valence-corrected chi connectivity index (χ0v) is 12.7. The number of halogens is 1. The largest absolute Gasteiger partial charge is 0.488 e. The van der Waals surface area contributed by atoms with Gasteiger partial charge in [0.2, 0.25) is 0 Å². The Morgan fingerprint density at radius 1 is 1.10 bits per heavy atom. The number of para-hydroxylation sites is 1. The monoisotopic (exact) mass is 327 g/mol. The van der Waals surface area contributed by atoms with Gasteiger partial charge in [0.15, 0.2) is 0 Å². The second-order valence-electron chi connectivity index (χ2n) is 4.71. The molecule has 20 heavy (non-hydrogen) atoms.